The van der Waals surface area contributed by atoms with Gasteiger partial charge < -0.3 is 21.3 Å². The minimum atomic E-state index is -3.84. The first kappa shape index (κ1) is 13.7. The molecule has 0 heterocycles. The van der Waals surface area contributed by atoms with Crippen LogP contribution >= 0.6 is 0 Å². The van der Waals surface area contributed by atoms with Crippen molar-refractivity contribution in [2.24, 2.45) is 5.14 Å². The molecule has 0 saturated heterocycles. The predicted molar refractivity (Wildman–Crippen MR) is 63.8 cm³/mol. The maximum atomic E-state index is 11.1. The van der Waals surface area contributed by atoms with Crippen LogP contribution in [0, 0.1) is 0 Å². The van der Waals surface area contributed by atoms with Gasteiger partial charge in [0.25, 0.3) is 0 Å². The lowest BCUT2D eigenvalue weighted by atomic mass is 10.2. The van der Waals surface area contributed by atoms with E-state index in [1.165, 1.54) is 18.2 Å². The van der Waals surface area contributed by atoms with Gasteiger partial charge in [0.05, 0.1) is 24.9 Å². The zero-order chi connectivity index (χ0) is 13.1. The fraction of sp³-hybridized carbons (Fsp3) is 0.333. The predicted octanol–water partition coefficient (Wildman–Crippen LogP) is -1.32. The van der Waals surface area contributed by atoms with Gasteiger partial charge in [0.15, 0.2) is 0 Å². The van der Waals surface area contributed by atoms with Crippen LogP contribution in [0.25, 0.3) is 0 Å². The molecule has 0 aliphatic rings. The number of sulfonamides is 1. The van der Waals surface area contributed by atoms with E-state index in [0.717, 1.165) is 0 Å². The smallest absolute Gasteiger partial charge is 0.240 e. The Morgan fingerprint density at radius 3 is 2.29 bits per heavy atom. The van der Waals surface area contributed by atoms with Gasteiger partial charge in [-0.25, -0.2) is 13.6 Å². The molecular formula is C9H15N3O4S. The maximum Gasteiger partial charge on any atom is 0.240 e. The molecule has 1 aromatic carbocycles. The van der Waals surface area contributed by atoms with Crippen LogP contribution in [0.3, 0.4) is 0 Å². The molecule has 0 spiro atoms. The molecule has 0 unspecified atom stereocenters. The lowest BCUT2D eigenvalue weighted by molar-refractivity contribution is 0.204. The molecule has 0 fully saturated rings. The second-order valence-electron chi connectivity index (χ2n) is 3.50. The van der Waals surface area contributed by atoms with E-state index >= 15 is 0 Å². The summed E-state index contributed by atoms with van der Waals surface area (Å²) in [6.07, 6.45) is 0. The van der Waals surface area contributed by atoms with Crippen LogP contribution in [0.1, 0.15) is 0 Å². The molecule has 96 valence electrons. The van der Waals surface area contributed by atoms with Crippen molar-refractivity contribution in [2.45, 2.75) is 10.9 Å². The van der Waals surface area contributed by atoms with E-state index in [4.69, 9.17) is 21.1 Å². The molecule has 7 nitrogen and oxygen atoms in total. The molecule has 7 N–H and O–H groups in total. The molecule has 1 rings (SSSR count). The third kappa shape index (κ3) is 3.56. The SMILES string of the molecule is Nc1cc(NC(CO)CO)ccc1S(N)(=O)=O. The van der Waals surface area contributed by atoms with E-state index in [2.05, 4.69) is 5.32 Å². The van der Waals surface area contributed by atoms with Gasteiger partial charge in [-0.1, -0.05) is 0 Å². The Labute approximate surface area is 99.1 Å². The quantitative estimate of drug-likeness (QED) is 0.417. The van der Waals surface area contributed by atoms with Crippen molar-refractivity contribution in [1.29, 1.82) is 0 Å². The number of hydrogen-bond donors (Lipinski definition) is 5. The first-order valence-electron chi connectivity index (χ1n) is 4.79. The lowest BCUT2D eigenvalue weighted by Gasteiger charge is -2.15. The first-order valence-corrected chi connectivity index (χ1v) is 6.33. The number of benzene rings is 1. The second-order valence-corrected chi connectivity index (χ2v) is 5.03. The number of aliphatic hydroxyl groups is 2. The Hall–Kier alpha value is -1.35. The molecule has 1 aromatic rings. The summed E-state index contributed by atoms with van der Waals surface area (Å²) < 4.78 is 22.2. The summed E-state index contributed by atoms with van der Waals surface area (Å²) in [6.45, 7) is -0.513. The summed E-state index contributed by atoms with van der Waals surface area (Å²) in [5, 5.41) is 25.5. The highest BCUT2D eigenvalue weighted by Gasteiger charge is 2.13. The van der Waals surface area contributed by atoms with Crippen molar-refractivity contribution in [2.75, 3.05) is 24.3 Å². The zero-order valence-electron chi connectivity index (χ0n) is 9.00. The van der Waals surface area contributed by atoms with Gasteiger partial charge in [0, 0.05) is 5.69 Å². The second kappa shape index (κ2) is 5.32. The number of primary sulfonamides is 1. The third-order valence-electron chi connectivity index (χ3n) is 2.13. The Balaban J connectivity index is 2.97. The number of nitrogens with two attached hydrogens (primary N) is 2. The standard InChI is InChI=1S/C9H15N3O4S/c10-8-3-6(12-7(4-13)5-14)1-2-9(8)17(11,15)16/h1-3,7,12-14H,4-5,10H2,(H2,11,15,16). The van der Waals surface area contributed by atoms with Crippen LogP contribution in [0.15, 0.2) is 23.1 Å². The monoisotopic (exact) mass is 261 g/mol. The van der Waals surface area contributed by atoms with Crippen LogP contribution in [0.4, 0.5) is 11.4 Å². The molecule has 0 saturated carbocycles. The number of hydrogen-bond acceptors (Lipinski definition) is 6. The number of nitrogen functional groups attached to an aromatic ring is 1. The molecule has 0 aliphatic carbocycles. The van der Waals surface area contributed by atoms with Crippen molar-refractivity contribution in [1.82, 2.24) is 0 Å². The van der Waals surface area contributed by atoms with E-state index in [9.17, 15) is 8.42 Å². The van der Waals surface area contributed by atoms with E-state index in [0.29, 0.717) is 5.69 Å². The summed E-state index contributed by atoms with van der Waals surface area (Å²) in [6, 6.07) is 3.56. The Morgan fingerprint density at radius 2 is 1.88 bits per heavy atom. The molecule has 8 heteroatoms. The van der Waals surface area contributed by atoms with Gasteiger partial charge in [0.1, 0.15) is 4.90 Å². The van der Waals surface area contributed by atoms with E-state index in [1.807, 2.05) is 0 Å². The highest BCUT2D eigenvalue weighted by molar-refractivity contribution is 7.89. The van der Waals surface area contributed by atoms with Gasteiger partial charge in [-0.2, -0.15) is 0 Å². The first-order chi connectivity index (χ1) is 7.88. The van der Waals surface area contributed by atoms with Gasteiger partial charge in [-0.05, 0) is 18.2 Å². The summed E-state index contributed by atoms with van der Waals surface area (Å²) >= 11 is 0. The topological polar surface area (TPSA) is 139 Å². The Kier molecular flexibility index (Phi) is 4.29. The van der Waals surface area contributed by atoms with Crippen molar-refractivity contribution >= 4 is 21.4 Å². The molecule has 0 atom stereocenters. The van der Waals surface area contributed by atoms with Crippen molar-refractivity contribution in [3.05, 3.63) is 18.2 Å². The van der Waals surface area contributed by atoms with Crippen LogP contribution in [0.2, 0.25) is 0 Å². The van der Waals surface area contributed by atoms with E-state index < -0.39 is 16.1 Å². The van der Waals surface area contributed by atoms with Gasteiger partial charge >= 0.3 is 0 Å². The Morgan fingerprint density at radius 1 is 1.29 bits per heavy atom. The fourth-order valence-electron chi connectivity index (χ4n) is 1.28. The third-order valence-corrected chi connectivity index (χ3v) is 3.11. The van der Waals surface area contributed by atoms with Crippen LogP contribution in [-0.2, 0) is 10.0 Å². The van der Waals surface area contributed by atoms with Gasteiger partial charge in [0.2, 0.25) is 10.0 Å². The van der Waals surface area contributed by atoms with Crippen LogP contribution in [-0.4, -0.2) is 37.9 Å². The van der Waals surface area contributed by atoms with Crippen molar-refractivity contribution in [3.63, 3.8) is 0 Å². The van der Waals surface area contributed by atoms with Crippen LogP contribution < -0.4 is 16.2 Å². The fourth-order valence-corrected chi connectivity index (χ4v) is 1.93. The summed E-state index contributed by atoms with van der Waals surface area (Å²) in [5.41, 5.74) is 6.04. The average molecular weight is 261 g/mol. The molecule has 17 heavy (non-hydrogen) atoms. The molecule has 0 amide bonds. The maximum absolute atomic E-state index is 11.1. The molecule has 0 aliphatic heterocycles. The molecular weight excluding hydrogens is 246 g/mol. The Bertz CT molecular complexity index is 485. The van der Waals surface area contributed by atoms with E-state index in [1.54, 1.807) is 0 Å². The summed E-state index contributed by atoms with van der Waals surface area (Å²) in [7, 11) is -3.84. The van der Waals surface area contributed by atoms with Gasteiger partial charge in [-0.15, -0.1) is 0 Å². The molecule has 0 bridgehead atoms. The zero-order valence-corrected chi connectivity index (χ0v) is 9.81. The van der Waals surface area contributed by atoms with E-state index in [-0.39, 0.29) is 23.8 Å². The highest BCUT2D eigenvalue weighted by Crippen LogP contribution is 2.21. The number of nitrogens with one attached hydrogen (secondary N) is 1. The number of rotatable bonds is 5. The van der Waals surface area contributed by atoms with Crippen molar-refractivity contribution in [3.8, 4) is 0 Å². The van der Waals surface area contributed by atoms with Crippen LogP contribution in [0.5, 0.6) is 0 Å². The minimum Gasteiger partial charge on any atom is -0.398 e. The lowest BCUT2D eigenvalue weighted by Crippen LogP contribution is -2.27. The highest BCUT2D eigenvalue weighted by atomic mass is 32.2. The summed E-state index contributed by atoms with van der Waals surface area (Å²) in [5.74, 6) is 0. The normalized spacial score (nSPS) is 11.8. The van der Waals surface area contributed by atoms with Gasteiger partial charge in [-0.3, -0.25) is 0 Å². The summed E-state index contributed by atoms with van der Waals surface area (Å²) in [4.78, 5) is -0.160. The minimum absolute atomic E-state index is 0.00660. The largest absolute Gasteiger partial charge is 0.398 e. The number of aliphatic hydroxyl groups excluding tert-OH is 2. The molecule has 0 aromatic heterocycles. The average Bonchev–Trinajstić information content (AvgIpc) is 2.24. The number of anilines is 2. The molecule has 0 radical (unpaired) electrons. The van der Waals surface area contributed by atoms with Crippen molar-refractivity contribution < 1.29 is 18.6 Å².